The maximum absolute atomic E-state index is 12.9. The number of hydrogen-bond acceptors (Lipinski definition) is 5. The van der Waals surface area contributed by atoms with Crippen molar-refractivity contribution in [3.05, 3.63) is 29.8 Å². The second-order valence-corrected chi connectivity index (χ2v) is 9.85. The van der Waals surface area contributed by atoms with Crippen molar-refractivity contribution in [2.45, 2.75) is 56.9 Å². The fraction of sp³-hybridized carbons (Fsp3) is 0.500. The summed E-state index contributed by atoms with van der Waals surface area (Å²) in [7, 11) is -3.80. The van der Waals surface area contributed by atoms with E-state index in [0.717, 1.165) is 4.90 Å². The molecule has 1 aliphatic carbocycles. The molecule has 0 radical (unpaired) electrons. The number of carboxylic acid groups (broad SMARTS) is 1. The van der Waals surface area contributed by atoms with E-state index in [0.29, 0.717) is 24.2 Å². The van der Waals surface area contributed by atoms with Gasteiger partial charge in [-0.15, -0.1) is 6.42 Å². The normalized spacial score (nSPS) is 15.1. The summed E-state index contributed by atoms with van der Waals surface area (Å²) in [4.78, 5) is 25.8. The number of hydrogen-bond donors (Lipinski definition) is 2. The number of nitrogens with one attached hydrogen (secondary N) is 1. The fourth-order valence-corrected chi connectivity index (χ4v) is 4.27. The zero-order chi connectivity index (χ0) is 21.8. The molecule has 0 aromatic heterocycles. The van der Waals surface area contributed by atoms with Crippen LogP contribution in [0.2, 0.25) is 0 Å². The van der Waals surface area contributed by atoms with Crippen molar-refractivity contribution in [1.29, 1.82) is 0 Å². The molecule has 9 heteroatoms. The summed E-state index contributed by atoms with van der Waals surface area (Å²) in [6.07, 6.45) is 4.84. The van der Waals surface area contributed by atoms with Crippen molar-refractivity contribution in [1.82, 2.24) is 9.62 Å². The van der Waals surface area contributed by atoms with Crippen LogP contribution in [0, 0.1) is 12.3 Å². The zero-order valence-electron chi connectivity index (χ0n) is 16.7. The smallest absolute Gasteiger partial charge is 0.408 e. The average molecular weight is 423 g/mol. The van der Waals surface area contributed by atoms with Crippen LogP contribution in [-0.4, -0.2) is 53.9 Å². The van der Waals surface area contributed by atoms with Gasteiger partial charge in [-0.2, -0.15) is 0 Å². The number of carbonyl (C=O) groups excluding carboxylic acids is 1. The van der Waals surface area contributed by atoms with E-state index in [-0.39, 0.29) is 13.0 Å². The summed E-state index contributed by atoms with van der Waals surface area (Å²) in [5.74, 6) is 2.03. The zero-order valence-corrected chi connectivity index (χ0v) is 17.5. The van der Waals surface area contributed by atoms with Crippen LogP contribution in [0.1, 0.15) is 39.2 Å². The van der Waals surface area contributed by atoms with Gasteiger partial charge in [0.25, 0.3) is 5.91 Å². The highest BCUT2D eigenvalue weighted by Crippen LogP contribution is 2.28. The molecule has 0 spiro atoms. The number of rotatable bonds is 8. The topological polar surface area (TPSA) is 113 Å². The van der Waals surface area contributed by atoms with Gasteiger partial charge in [0.2, 0.25) is 10.0 Å². The molecule has 1 aromatic rings. The Morgan fingerprint density at radius 1 is 1.31 bits per heavy atom. The maximum Gasteiger partial charge on any atom is 0.408 e. The lowest BCUT2D eigenvalue weighted by molar-refractivity contribution is -0.125. The largest absolute Gasteiger partial charge is 0.481 e. The monoisotopic (exact) mass is 422 g/mol. The standard InChI is InChI=1S/C20H26N2O6S/c1-5-12-28-15-8-6-14(7-9-15)13-17(22(19(24)25)20(2,3)4)18(23)21-29(26,27)16-10-11-16/h1,6-9,16-17H,10-13H2,2-4H3,(H,21,23)(H,24,25). The molecule has 1 unspecified atom stereocenters. The minimum absolute atomic E-state index is 0.00497. The van der Waals surface area contributed by atoms with E-state index in [1.807, 2.05) is 0 Å². The highest BCUT2D eigenvalue weighted by Gasteiger charge is 2.42. The number of sulfonamides is 1. The minimum Gasteiger partial charge on any atom is -0.481 e. The molecule has 1 aliphatic rings. The first-order chi connectivity index (χ1) is 13.5. The lowest BCUT2D eigenvalue weighted by Gasteiger charge is -2.38. The summed E-state index contributed by atoms with van der Waals surface area (Å²) >= 11 is 0. The molecule has 29 heavy (non-hydrogen) atoms. The third-order valence-electron chi connectivity index (χ3n) is 4.42. The van der Waals surface area contributed by atoms with Crippen molar-refractivity contribution in [2.24, 2.45) is 0 Å². The van der Waals surface area contributed by atoms with Crippen LogP contribution >= 0.6 is 0 Å². The molecule has 1 aromatic carbocycles. The van der Waals surface area contributed by atoms with Crippen LogP contribution < -0.4 is 9.46 Å². The third-order valence-corrected chi connectivity index (χ3v) is 6.26. The van der Waals surface area contributed by atoms with E-state index >= 15 is 0 Å². The van der Waals surface area contributed by atoms with E-state index < -0.39 is 38.9 Å². The van der Waals surface area contributed by atoms with Crippen LogP contribution in [0.15, 0.2) is 24.3 Å². The quantitative estimate of drug-likeness (QED) is 0.620. The number of amides is 2. The Morgan fingerprint density at radius 3 is 2.34 bits per heavy atom. The van der Waals surface area contributed by atoms with Gasteiger partial charge in [0.1, 0.15) is 18.4 Å². The highest BCUT2D eigenvalue weighted by atomic mass is 32.2. The van der Waals surface area contributed by atoms with E-state index in [1.54, 1.807) is 45.0 Å². The summed E-state index contributed by atoms with van der Waals surface area (Å²) in [5.41, 5.74) is -0.273. The molecule has 0 heterocycles. The molecule has 2 N–H and O–H groups in total. The molecular weight excluding hydrogens is 396 g/mol. The maximum atomic E-state index is 12.9. The molecule has 0 saturated heterocycles. The Balaban J connectivity index is 2.29. The first kappa shape index (κ1) is 22.6. The van der Waals surface area contributed by atoms with Crippen LogP contribution in [0.3, 0.4) is 0 Å². The van der Waals surface area contributed by atoms with Gasteiger partial charge in [-0.3, -0.25) is 14.4 Å². The summed E-state index contributed by atoms with van der Waals surface area (Å²) in [6, 6.07) is 5.46. The van der Waals surface area contributed by atoms with Gasteiger partial charge in [0.05, 0.1) is 5.25 Å². The van der Waals surface area contributed by atoms with Gasteiger partial charge in [-0.05, 0) is 51.3 Å². The molecule has 158 valence electrons. The van der Waals surface area contributed by atoms with Gasteiger partial charge in [0.15, 0.2) is 0 Å². The predicted molar refractivity (Wildman–Crippen MR) is 108 cm³/mol. The Labute approximate surface area is 171 Å². The third kappa shape index (κ3) is 6.12. The molecule has 2 rings (SSSR count). The van der Waals surface area contributed by atoms with E-state index in [1.165, 1.54) is 0 Å². The summed E-state index contributed by atoms with van der Waals surface area (Å²) < 4.78 is 31.8. The van der Waals surface area contributed by atoms with Crippen molar-refractivity contribution in [3.63, 3.8) is 0 Å². The van der Waals surface area contributed by atoms with Gasteiger partial charge in [-0.1, -0.05) is 18.1 Å². The van der Waals surface area contributed by atoms with Crippen molar-refractivity contribution >= 4 is 22.0 Å². The van der Waals surface area contributed by atoms with Crippen LogP contribution in [0.5, 0.6) is 5.75 Å². The molecular formula is C20H26N2O6S. The van der Waals surface area contributed by atoms with Gasteiger partial charge >= 0.3 is 6.09 Å². The Hall–Kier alpha value is -2.73. The fourth-order valence-electron chi connectivity index (χ4n) is 2.93. The molecule has 2 amide bonds. The minimum atomic E-state index is -3.80. The predicted octanol–water partition coefficient (Wildman–Crippen LogP) is 2.00. The number of carbonyl (C=O) groups is 2. The van der Waals surface area contributed by atoms with Crippen LogP contribution in [-0.2, 0) is 21.2 Å². The summed E-state index contributed by atoms with van der Waals surface area (Å²) in [5, 5.41) is 9.13. The number of ether oxygens (including phenoxy) is 1. The molecule has 0 bridgehead atoms. The highest BCUT2D eigenvalue weighted by molar-refractivity contribution is 7.90. The van der Waals surface area contributed by atoms with Gasteiger partial charge in [0, 0.05) is 12.0 Å². The number of nitrogens with zero attached hydrogens (tertiary/aromatic N) is 1. The molecule has 1 fully saturated rings. The Kier molecular flexibility index (Phi) is 6.80. The lowest BCUT2D eigenvalue weighted by Crippen LogP contribution is -2.58. The summed E-state index contributed by atoms with van der Waals surface area (Å²) in [6.45, 7) is 5.05. The number of benzene rings is 1. The van der Waals surface area contributed by atoms with E-state index in [4.69, 9.17) is 11.2 Å². The SMILES string of the molecule is C#CCOc1ccc(CC(C(=O)NS(=O)(=O)C2CC2)N(C(=O)O)C(C)(C)C)cc1. The molecule has 8 nitrogen and oxygen atoms in total. The number of terminal acetylenes is 1. The van der Waals surface area contributed by atoms with Crippen LogP contribution in [0.25, 0.3) is 0 Å². The molecule has 1 atom stereocenters. The lowest BCUT2D eigenvalue weighted by atomic mass is 9.98. The first-order valence-corrected chi connectivity index (χ1v) is 10.7. The molecule has 0 aliphatic heterocycles. The Bertz CT molecular complexity index is 892. The molecule has 1 saturated carbocycles. The van der Waals surface area contributed by atoms with Crippen molar-refractivity contribution in [3.8, 4) is 18.1 Å². The average Bonchev–Trinajstić information content (AvgIpc) is 3.44. The van der Waals surface area contributed by atoms with Gasteiger partial charge < -0.3 is 9.84 Å². The second kappa shape index (κ2) is 8.74. The first-order valence-electron chi connectivity index (χ1n) is 9.18. The van der Waals surface area contributed by atoms with E-state index in [9.17, 15) is 23.1 Å². The Morgan fingerprint density at radius 2 is 1.90 bits per heavy atom. The van der Waals surface area contributed by atoms with E-state index in [2.05, 4.69) is 10.6 Å². The van der Waals surface area contributed by atoms with Gasteiger partial charge in [-0.25, -0.2) is 13.2 Å². The van der Waals surface area contributed by atoms with Crippen LogP contribution in [0.4, 0.5) is 4.79 Å². The van der Waals surface area contributed by atoms with Crippen molar-refractivity contribution in [2.75, 3.05) is 6.61 Å². The van der Waals surface area contributed by atoms with Crippen molar-refractivity contribution < 1.29 is 27.9 Å². The second-order valence-electron chi connectivity index (χ2n) is 7.89.